The average molecular weight is 668 g/mol. The van der Waals surface area contributed by atoms with Gasteiger partial charge < -0.3 is 105 Å². The van der Waals surface area contributed by atoms with Crippen LogP contribution in [0.5, 0.6) is 0 Å². The van der Waals surface area contributed by atoms with Crippen molar-refractivity contribution >= 4 is 0 Å². The third kappa shape index (κ3) is 133. The Morgan fingerprint density at radius 3 is 0.267 bits per heavy atom. The van der Waals surface area contributed by atoms with E-state index in [0.717, 1.165) is 0 Å². The molecule has 0 fully saturated rings. The van der Waals surface area contributed by atoms with Crippen LogP contribution in [0, 0.1) is 0 Å². The van der Waals surface area contributed by atoms with Crippen molar-refractivity contribution in [2.75, 3.05) is 0 Å². The molecule has 0 spiro atoms. The van der Waals surface area contributed by atoms with Gasteiger partial charge >= 0.3 is 0 Å². The number of aliphatic hydroxyl groups excluding tert-OH is 6. The maximum Gasteiger partial charge on any atom is 0.204 e. The Morgan fingerprint density at radius 1 is 0.233 bits per heavy atom. The molecule has 0 saturated heterocycles. The summed E-state index contributed by atoms with van der Waals surface area (Å²) in [6, 6.07) is 0. The van der Waals surface area contributed by atoms with Crippen molar-refractivity contribution in [3.8, 4) is 0 Å². The quantitative estimate of drug-likeness (QED) is 0.0985. The zero-order valence-electron chi connectivity index (χ0n) is 14.6. The van der Waals surface area contributed by atoms with E-state index in [0.29, 0.717) is 0 Å². The zero-order chi connectivity index (χ0) is 15.5. The summed E-state index contributed by atoms with van der Waals surface area (Å²) in [4.78, 5) is 0. The fraction of sp³-hybridized carbons (Fsp3) is 1.00. The molecule has 4 radical (unpaired) electrons. The van der Waals surface area contributed by atoms with Crippen LogP contribution in [0.1, 0.15) is 0 Å². The molecule has 0 heterocycles. The molecule has 0 unspecified atom stereocenters. The molecular weight excluding hydrogens is 628 g/mol. The van der Waals surface area contributed by atoms with E-state index in [4.69, 9.17) is 61.3 Å². The number of hydrogen-bond donors (Lipinski definition) is 12. The van der Waals surface area contributed by atoms with Crippen LogP contribution in [0.15, 0.2) is 0 Å². The molecule has 0 amide bonds. The van der Waals surface area contributed by atoms with Gasteiger partial charge in [-0.15, -0.1) is 0 Å². The first-order chi connectivity index (χ1) is 7.93. The Morgan fingerprint density at radius 2 is 0.267 bits per heavy atom. The molecule has 214 valence electrons. The standard InChI is InChI=1S/3C2H6O4.4Co.8H2O/c3*3-1(4)2(5)6;;;;;;;;;;;;/h3*1-6H;;;;;8*1H2/p+6. The molecular formula is C6H40Co4O20+6. The predicted molar refractivity (Wildman–Crippen MR) is 85.8 cm³/mol. The second-order valence-corrected chi connectivity index (χ2v) is 2.48. The summed E-state index contributed by atoms with van der Waals surface area (Å²) >= 11 is 0. The first-order valence-corrected chi connectivity index (χ1v) is 4.10. The van der Waals surface area contributed by atoms with Crippen LogP contribution < -0.4 is 0 Å². The summed E-state index contributed by atoms with van der Waals surface area (Å²) in [6.07, 6.45) is -12.2. The molecule has 0 aromatic carbocycles. The average Bonchev–Trinajstić information content (AvgIpc) is 2.18. The fourth-order valence-electron chi connectivity index (χ4n) is 0. The van der Waals surface area contributed by atoms with Gasteiger partial charge in [0, 0.05) is 67.1 Å². The molecule has 0 saturated carbocycles. The van der Waals surface area contributed by atoms with Crippen LogP contribution in [0.25, 0.3) is 0 Å². The predicted octanol–water partition coefficient (Wildman–Crippen LogP) is -14.4. The molecule has 30 heavy (non-hydrogen) atoms. The van der Waals surface area contributed by atoms with Gasteiger partial charge in [-0.2, -0.15) is 0 Å². The summed E-state index contributed by atoms with van der Waals surface area (Å²) in [5, 5.41) is 92.2. The minimum Gasteiger partial charge on any atom is -0.457 e. The van der Waals surface area contributed by atoms with Crippen LogP contribution in [0.2, 0.25) is 0 Å². The van der Waals surface area contributed by atoms with Gasteiger partial charge in [0.15, 0.2) is 0 Å². The monoisotopic (exact) mass is 668 g/mol. The summed E-state index contributed by atoms with van der Waals surface area (Å²) in [5.74, 6) is 0. The van der Waals surface area contributed by atoms with E-state index in [1.807, 2.05) is 0 Å². The summed E-state index contributed by atoms with van der Waals surface area (Å²) in [7, 11) is 0. The Bertz CT molecular complexity index is 129. The minimum absolute atomic E-state index is 0. The summed E-state index contributed by atoms with van der Waals surface area (Å²) < 4.78 is 0. The van der Waals surface area contributed by atoms with Crippen molar-refractivity contribution in [2.24, 2.45) is 0 Å². The molecule has 0 aliphatic rings. The second kappa shape index (κ2) is 69.8. The van der Waals surface area contributed by atoms with Gasteiger partial charge in [-0.25, -0.2) is 0 Å². The van der Waals surface area contributed by atoms with Gasteiger partial charge in [0.25, 0.3) is 0 Å². The largest absolute Gasteiger partial charge is 0.457 e. The molecule has 0 aromatic heterocycles. The molecule has 0 bridgehead atoms. The maximum absolute atomic E-state index is 7.69. The minimum atomic E-state index is -2.04. The molecule has 0 atom stereocenters. The van der Waals surface area contributed by atoms with Gasteiger partial charge in [-0.05, 0) is 0 Å². The first-order valence-electron chi connectivity index (χ1n) is 4.10. The van der Waals surface area contributed by atoms with E-state index in [2.05, 4.69) is 0 Å². The second-order valence-electron chi connectivity index (χ2n) is 2.48. The SMILES string of the molecule is O.O.OC(O)C(O)O.OC(O)C(O)O.OC(O)C(O)O.[Co].[Co].[Co].[Co].[OH3+].[OH3+].[OH3+].[OH3+].[OH3+].[OH3+]. The Kier molecular flexibility index (Phi) is 252. The molecule has 20 nitrogen and oxygen atoms in total. The van der Waals surface area contributed by atoms with Crippen molar-refractivity contribution in [1.29, 1.82) is 0 Å². The van der Waals surface area contributed by atoms with Crippen molar-refractivity contribution in [3.05, 3.63) is 0 Å². The third-order valence-electron chi connectivity index (χ3n) is 0.800. The first kappa shape index (κ1) is 108. The van der Waals surface area contributed by atoms with Gasteiger partial charge in [-0.1, -0.05) is 0 Å². The fourth-order valence-corrected chi connectivity index (χ4v) is 0. The number of aliphatic hydroxyl groups is 12. The van der Waals surface area contributed by atoms with Crippen molar-refractivity contribution in [3.63, 3.8) is 0 Å². The van der Waals surface area contributed by atoms with E-state index in [-0.39, 0.29) is 111 Å². The molecule has 34 N–H and O–H groups in total. The summed E-state index contributed by atoms with van der Waals surface area (Å²) in [5.41, 5.74) is 0. The van der Waals surface area contributed by atoms with E-state index in [1.54, 1.807) is 0 Å². The van der Waals surface area contributed by atoms with E-state index in [9.17, 15) is 0 Å². The Balaban J connectivity index is -0.00000000721. The molecule has 24 heteroatoms. The van der Waals surface area contributed by atoms with Crippen molar-refractivity contribution in [1.82, 2.24) is 0 Å². The molecule has 0 aliphatic heterocycles. The normalized spacial score (nSPS) is 6.60. The van der Waals surface area contributed by atoms with Gasteiger partial charge in [-0.3, -0.25) is 0 Å². The van der Waals surface area contributed by atoms with Crippen LogP contribution in [-0.4, -0.2) is 110 Å². The molecule has 0 aliphatic carbocycles. The summed E-state index contributed by atoms with van der Waals surface area (Å²) in [6.45, 7) is 0. The van der Waals surface area contributed by atoms with E-state index in [1.165, 1.54) is 0 Å². The topological polar surface area (TPSA) is 504 Å². The van der Waals surface area contributed by atoms with E-state index < -0.39 is 37.7 Å². The number of rotatable bonds is 3. The molecule has 0 aromatic rings. The van der Waals surface area contributed by atoms with E-state index >= 15 is 0 Å². The Hall–Kier alpha value is 1.23. The van der Waals surface area contributed by atoms with Gasteiger partial charge in [0.05, 0.1) is 0 Å². The maximum atomic E-state index is 7.69. The van der Waals surface area contributed by atoms with Gasteiger partial charge in [0.1, 0.15) is 0 Å². The van der Waals surface area contributed by atoms with Crippen LogP contribution >= 0.6 is 0 Å². The van der Waals surface area contributed by atoms with Crippen LogP contribution in [-0.2, 0) is 100.0 Å². The van der Waals surface area contributed by atoms with Crippen LogP contribution in [0.3, 0.4) is 0 Å². The van der Waals surface area contributed by atoms with Crippen molar-refractivity contribution in [2.45, 2.75) is 37.7 Å². The zero-order valence-corrected chi connectivity index (χ0v) is 18.8. The van der Waals surface area contributed by atoms with Crippen LogP contribution in [0.4, 0.5) is 0 Å². The Labute approximate surface area is 209 Å². The van der Waals surface area contributed by atoms with Crippen molar-refractivity contribution < 1.29 is 172 Å². The number of hydrogen-bond acceptors (Lipinski definition) is 12. The molecule has 0 rings (SSSR count). The van der Waals surface area contributed by atoms with Gasteiger partial charge in [0.2, 0.25) is 37.7 Å². The third-order valence-corrected chi connectivity index (χ3v) is 0.800. The smallest absolute Gasteiger partial charge is 0.204 e.